The number of benzene rings is 1. The van der Waals surface area contributed by atoms with Crippen LogP contribution in [-0.2, 0) is 17.6 Å². The lowest BCUT2D eigenvalue weighted by molar-refractivity contribution is 0.0527. The van der Waals surface area contributed by atoms with E-state index in [9.17, 15) is 14.9 Å². The van der Waals surface area contributed by atoms with Crippen molar-refractivity contribution in [2.45, 2.75) is 26.2 Å². The van der Waals surface area contributed by atoms with Gasteiger partial charge in [-0.1, -0.05) is 18.2 Å². The maximum Gasteiger partial charge on any atom is 0.345 e. The maximum absolute atomic E-state index is 12.6. The molecule has 1 N–H and O–H groups in total. The molecule has 0 bridgehead atoms. The molecule has 3 heterocycles. The van der Waals surface area contributed by atoms with Crippen LogP contribution in [-0.4, -0.2) is 17.6 Å². The highest BCUT2D eigenvalue weighted by Crippen LogP contribution is 2.40. The number of aromatic nitrogens is 1. The van der Waals surface area contributed by atoms with Crippen LogP contribution in [0.1, 0.15) is 39.2 Å². The SMILES string of the molecule is CCOC(=O)c1c(N/C=C(\C#N)c2nc(-c3cc4ccccc4oc3=O)cs2)sc2c1CCC2. The number of anilines is 1. The summed E-state index contributed by atoms with van der Waals surface area (Å²) in [6, 6.07) is 11.2. The van der Waals surface area contributed by atoms with Gasteiger partial charge in [0.2, 0.25) is 0 Å². The topological polar surface area (TPSA) is 105 Å². The maximum atomic E-state index is 12.6. The van der Waals surface area contributed by atoms with Crippen molar-refractivity contribution in [1.29, 1.82) is 5.26 Å². The minimum atomic E-state index is -0.483. The number of hydrogen-bond donors (Lipinski definition) is 1. The fraction of sp³-hybridized carbons (Fsp3) is 0.200. The summed E-state index contributed by atoms with van der Waals surface area (Å²) in [4.78, 5) is 30.7. The smallest absolute Gasteiger partial charge is 0.345 e. The Morgan fingerprint density at radius 2 is 2.21 bits per heavy atom. The number of thiazole rings is 1. The van der Waals surface area contributed by atoms with E-state index in [0.29, 0.717) is 44.6 Å². The Labute approximate surface area is 203 Å². The number of aryl methyl sites for hydroxylation is 1. The number of rotatable bonds is 6. The number of fused-ring (bicyclic) bond motifs is 2. The van der Waals surface area contributed by atoms with Crippen LogP contribution in [0.3, 0.4) is 0 Å². The first-order valence-corrected chi connectivity index (χ1v) is 12.5. The van der Waals surface area contributed by atoms with Crippen LogP contribution < -0.4 is 10.9 Å². The van der Waals surface area contributed by atoms with Crippen LogP contribution in [0.2, 0.25) is 0 Å². The molecule has 1 aliphatic rings. The van der Waals surface area contributed by atoms with Crippen LogP contribution >= 0.6 is 22.7 Å². The molecule has 9 heteroatoms. The highest BCUT2D eigenvalue weighted by Gasteiger charge is 2.27. The molecule has 4 aromatic rings. The lowest BCUT2D eigenvalue weighted by Crippen LogP contribution is -2.08. The molecule has 1 aromatic carbocycles. The minimum Gasteiger partial charge on any atom is -0.462 e. The van der Waals surface area contributed by atoms with Crippen molar-refractivity contribution in [3.05, 3.63) is 73.3 Å². The number of hydrogen-bond acceptors (Lipinski definition) is 9. The molecule has 0 fully saturated rings. The zero-order chi connectivity index (χ0) is 23.7. The lowest BCUT2D eigenvalue weighted by Gasteiger charge is -2.06. The molecule has 0 atom stereocenters. The molecular weight excluding hydrogens is 470 g/mol. The molecule has 0 saturated carbocycles. The van der Waals surface area contributed by atoms with Gasteiger partial charge in [0.1, 0.15) is 27.2 Å². The van der Waals surface area contributed by atoms with Gasteiger partial charge < -0.3 is 14.5 Å². The Balaban J connectivity index is 1.45. The summed E-state index contributed by atoms with van der Waals surface area (Å²) in [6.07, 6.45) is 4.36. The Morgan fingerprint density at radius 3 is 3.03 bits per heavy atom. The second-order valence-electron chi connectivity index (χ2n) is 7.62. The summed E-state index contributed by atoms with van der Waals surface area (Å²) in [6.45, 7) is 2.08. The molecule has 0 spiro atoms. The third kappa shape index (κ3) is 4.02. The fourth-order valence-corrected chi connectivity index (χ4v) is 6.00. The van der Waals surface area contributed by atoms with Crippen LogP contribution in [0.15, 0.2) is 51.1 Å². The van der Waals surface area contributed by atoms with Crippen LogP contribution in [0.4, 0.5) is 5.00 Å². The normalized spacial score (nSPS) is 13.0. The van der Waals surface area contributed by atoms with E-state index < -0.39 is 5.63 Å². The van der Waals surface area contributed by atoms with E-state index >= 15 is 0 Å². The van der Waals surface area contributed by atoms with Crippen molar-refractivity contribution >= 4 is 50.2 Å². The van der Waals surface area contributed by atoms with Crippen molar-refractivity contribution < 1.29 is 13.9 Å². The third-order valence-electron chi connectivity index (χ3n) is 5.52. The highest BCUT2D eigenvalue weighted by molar-refractivity contribution is 7.16. The van der Waals surface area contributed by atoms with Crippen LogP contribution in [0.5, 0.6) is 0 Å². The molecule has 170 valence electrons. The standard InChI is InChI=1S/C25H19N3O4S2/c1-2-31-25(30)21-16-7-5-9-20(16)34-23(21)27-12-15(11-26)22-28-18(13-33-22)17-10-14-6-3-4-8-19(14)32-24(17)29/h3-4,6,8,10,12-13,27H,2,5,7,9H2,1H3/b15-12+. The fourth-order valence-electron chi connectivity index (χ4n) is 3.97. The van der Waals surface area contributed by atoms with Gasteiger partial charge in [0, 0.05) is 21.8 Å². The summed E-state index contributed by atoms with van der Waals surface area (Å²) in [7, 11) is 0. The average molecular weight is 490 g/mol. The number of nitrogens with zero attached hydrogens (tertiary/aromatic N) is 2. The van der Waals surface area contributed by atoms with Gasteiger partial charge in [-0.3, -0.25) is 0 Å². The van der Waals surface area contributed by atoms with E-state index in [0.717, 1.165) is 30.2 Å². The van der Waals surface area contributed by atoms with Crippen LogP contribution in [0.25, 0.3) is 27.8 Å². The molecule has 34 heavy (non-hydrogen) atoms. The van der Waals surface area contributed by atoms with Crippen molar-refractivity contribution in [2.24, 2.45) is 0 Å². The van der Waals surface area contributed by atoms with Gasteiger partial charge in [0.05, 0.1) is 23.4 Å². The van der Waals surface area contributed by atoms with E-state index in [1.165, 1.54) is 27.6 Å². The molecule has 3 aromatic heterocycles. The zero-order valence-electron chi connectivity index (χ0n) is 18.2. The molecule has 0 amide bonds. The third-order valence-corrected chi connectivity index (χ3v) is 7.62. The second-order valence-corrected chi connectivity index (χ2v) is 9.58. The second kappa shape index (κ2) is 9.25. The number of nitrogens with one attached hydrogen (secondary N) is 1. The number of allylic oxidation sites excluding steroid dienone is 1. The highest BCUT2D eigenvalue weighted by atomic mass is 32.1. The summed E-state index contributed by atoms with van der Waals surface area (Å²) in [5, 5.41) is 16.5. The number of thiophene rings is 1. The first kappa shape index (κ1) is 22.1. The van der Waals surface area contributed by atoms with Crippen molar-refractivity contribution in [3.8, 4) is 17.3 Å². The first-order valence-electron chi connectivity index (χ1n) is 10.8. The van der Waals surface area contributed by atoms with Gasteiger partial charge in [0.25, 0.3) is 0 Å². The minimum absolute atomic E-state index is 0.296. The Morgan fingerprint density at radius 1 is 1.35 bits per heavy atom. The molecule has 0 radical (unpaired) electrons. The van der Waals surface area contributed by atoms with Gasteiger partial charge in [-0.05, 0) is 43.9 Å². The van der Waals surface area contributed by atoms with Gasteiger partial charge in [-0.15, -0.1) is 22.7 Å². The van der Waals surface area contributed by atoms with E-state index in [1.54, 1.807) is 36.7 Å². The number of esters is 1. The Bertz CT molecular complexity index is 1540. The van der Waals surface area contributed by atoms with E-state index in [2.05, 4.69) is 16.4 Å². The molecule has 5 rings (SSSR count). The largest absolute Gasteiger partial charge is 0.462 e. The Hall–Kier alpha value is -3.74. The number of carbonyl (C=O) groups excluding carboxylic acids is 1. The molecule has 0 unspecified atom stereocenters. The quantitative estimate of drug-likeness (QED) is 0.213. The average Bonchev–Trinajstić information content (AvgIpc) is 3.56. The number of carbonyl (C=O) groups is 1. The molecule has 7 nitrogen and oxygen atoms in total. The number of nitriles is 1. The van der Waals surface area contributed by atoms with Gasteiger partial charge in [0.15, 0.2) is 0 Å². The summed E-state index contributed by atoms with van der Waals surface area (Å²) in [5.74, 6) is -0.351. The summed E-state index contributed by atoms with van der Waals surface area (Å²) < 4.78 is 10.7. The molecule has 0 saturated heterocycles. The van der Waals surface area contributed by atoms with Crippen molar-refractivity contribution in [2.75, 3.05) is 11.9 Å². The van der Waals surface area contributed by atoms with Crippen LogP contribution in [0, 0.1) is 11.3 Å². The predicted octanol–water partition coefficient (Wildman–Crippen LogP) is 5.62. The zero-order valence-corrected chi connectivity index (χ0v) is 19.8. The van der Waals surface area contributed by atoms with Gasteiger partial charge >= 0.3 is 11.6 Å². The molecular formula is C25H19N3O4S2. The van der Waals surface area contributed by atoms with E-state index in [-0.39, 0.29) is 5.97 Å². The number of para-hydroxylation sites is 1. The predicted molar refractivity (Wildman–Crippen MR) is 133 cm³/mol. The molecule has 1 aliphatic carbocycles. The van der Waals surface area contributed by atoms with Crippen molar-refractivity contribution in [3.63, 3.8) is 0 Å². The van der Waals surface area contributed by atoms with E-state index in [1.807, 2.05) is 12.1 Å². The van der Waals surface area contributed by atoms with E-state index in [4.69, 9.17) is 9.15 Å². The first-order chi connectivity index (χ1) is 16.6. The summed E-state index contributed by atoms with van der Waals surface area (Å²) in [5.41, 5.74) is 2.70. The summed E-state index contributed by atoms with van der Waals surface area (Å²) >= 11 is 2.78. The van der Waals surface area contributed by atoms with Gasteiger partial charge in [-0.25, -0.2) is 14.6 Å². The lowest BCUT2D eigenvalue weighted by atomic mass is 10.1. The van der Waals surface area contributed by atoms with Gasteiger partial charge in [-0.2, -0.15) is 5.26 Å². The Kier molecular flexibility index (Phi) is 6.01. The molecule has 0 aliphatic heterocycles. The number of ether oxygens (including phenoxy) is 1. The monoisotopic (exact) mass is 489 g/mol. The van der Waals surface area contributed by atoms with Crippen molar-refractivity contribution in [1.82, 2.24) is 4.98 Å².